The van der Waals surface area contributed by atoms with Crippen LogP contribution in [0.1, 0.15) is 31.7 Å². The number of carbonyl (C=O) groups excluding carboxylic acids is 2. The number of ketones is 1. The van der Waals surface area contributed by atoms with Gasteiger partial charge in [0.15, 0.2) is 5.60 Å². The molecule has 0 saturated heterocycles. The lowest BCUT2D eigenvalue weighted by molar-refractivity contribution is -0.151. The van der Waals surface area contributed by atoms with Gasteiger partial charge in [0.1, 0.15) is 5.78 Å². The fraction of sp³-hybridized carbons (Fsp3) is 0.467. The van der Waals surface area contributed by atoms with Crippen LogP contribution in [0.3, 0.4) is 0 Å². The highest BCUT2D eigenvalue weighted by Crippen LogP contribution is 2.45. The molecule has 4 nitrogen and oxygen atoms in total. The minimum absolute atomic E-state index is 0.00699. The fourth-order valence-electron chi connectivity index (χ4n) is 3.23. The first kappa shape index (κ1) is 12.4. The number of amides is 1. The summed E-state index contributed by atoms with van der Waals surface area (Å²) in [4.78, 5) is 24.3. The molecule has 1 amide bonds. The summed E-state index contributed by atoms with van der Waals surface area (Å²) in [5.74, 6) is -0.749. The van der Waals surface area contributed by atoms with E-state index in [1.165, 1.54) is 0 Å². The Balaban J connectivity index is 2.07. The molecule has 0 unspecified atom stereocenters. The van der Waals surface area contributed by atoms with Crippen molar-refractivity contribution in [3.05, 3.63) is 29.8 Å². The van der Waals surface area contributed by atoms with E-state index in [1.54, 1.807) is 24.3 Å². The highest BCUT2D eigenvalue weighted by Gasteiger charge is 2.54. The maximum atomic E-state index is 12.2. The third-order valence-electron chi connectivity index (χ3n) is 4.35. The van der Waals surface area contributed by atoms with Gasteiger partial charge in [-0.15, -0.1) is 0 Å². The molecule has 2 aliphatic rings. The van der Waals surface area contributed by atoms with E-state index in [4.69, 9.17) is 0 Å². The van der Waals surface area contributed by atoms with Gasteiger partial charge >= 0.3 is 0 Å². The molecular formula is C15H17NO3. The lowest BCUT2D eigenvalue weighted by Crippen LogP contribution is -2.47. The lowest BCUT2D eigenvalue weighted by Gasteiger charge is -2.35. The van der Waals surface area contributed by atoms with Crippen LogP contribution in [0.5, 0.6) is 0 Å². The largest absolute Gasteiger partial charge is 0.375 e. The molecule has 1 aromatic rings. The predicted octanol–water partition coefficient (Wildman–Crippen LogP) is 1.83. The van der Waals surface area contributed by atoms with E-state index in [1.807, 2.05) is 0 Å². The topological polar surface area (TPSA) is 66.4 Å². The van der Waals surface area contributed by atoms with Crippen molar-refractivity contribution >= 4 is 17.4 Å². The molecule has 1 aromatic carbocycles. The van der Waals surface area contributed by atoms with E-state index >= 15 is 0 Å². The molecule has 4 heteroatoms. The molecule has 0 bridgehead atoms. The van der Waals surface area contributed by atoms with Gasteiger partial charge in [-0.05, 0) is 24.8 Å². The van der Waals surface area contributed by atoms with Gasteiger partial charge in [-0.2, -0.15) is 0 Å². The first-order chi connectivity index (χ1) is 9.03. The van der Waals surface area contributed by atoms with Gasteiger partial charge in [-0.1, -0.05) is 25.1 Å². The number of fused-ring (bicyclic) bond motifs is 1. The molecule has 19 heavy (non-hydrogen) atoms. The Bertz CT molecular complexity index is 554. The zero-order chi connectivity index (χ0) is 13.6. The molecule has 1 fully saturated rings. The molecule has 3 atom stereocenters. The van der Waals surface area contributed by atoms with Crippen molar-refractivity contribution in [1.29, 1.82) is 0 Å². The summed E-state index contributed by atoms with van der Waals surface area (Å²) in [5.41, 5.74) is -0.545. The van der Waals surface area contributed by atoms with E-state index in [2.05, 4.69) is 12.2 Å². The molecule has 2 N–H and O–H groups in total. The van der Waals surface area contributed by atoms with Crippen molar-refractivity contribution in [2.24, 2.45) is 11.8 Å². The van der Waals surface area contributed by atoms with Gasteiger partial charge in [0.05, 0.1) is 5.92 Å². The van der Waals surface area contributed by atoms with Crippen molar-refractivity contribution in [2.45, 2.75) is 31.8 Å². The average Bonchev–Trinajstić information content (AvgIpc) is 2.66. The zero-order valence-electron chi connectivity index (χ0n) is 10.8. The van der Waals surface area contributed by atoms with Crippen molar-refractivity contribution in [3.8, 4) is 0 Å². The molecule has 0 spiro atoms. The second kappa shape index (κ2) is 4.17. The van der Waals surface area contributed by atoms with Crippen LogP contribution in [0.25, 0.3) is 0 Å². The number of rotatable bonds is 1. The third kappa shape index (κ3) is 1.70. The van der Waals surface area contributed by atoms with E-state index in [0.717, 1.165) is 6.42 Å². The summed E-state index contributed by atoms with van der Waals surface area (Å²) in [6.07, 6.45) is 1.86. The maximum absolute atomic E-state index is 12.2. The Kier molecular flexibility index (Phi) is 2.71. The standard InChI is InChI=1S/C15H17NO3/c1-9-6-7-13(17)11(8-9)15(19)10-4-2-3-5-12(10)16-14(15)18/h2-5,9,11,19H,6-8H2,1H3,(H,16,18)/t9-,11-,15-/m1/s1. The normalized spacial score (nSPS) is 34.0. The Morgan fingerprint density at radius 1 is 1.32 bits per heavy atom. The molecule has 1 aliphatic carbocycles. The summed E-state index contributed by atoms with van der Waals surface area (Å²) in [6, 6.07) is 7.05. The van der Waals surface area contributed by atoms with Crippen LogP contribution < -0.4 is 5.32 Å². The molecule has 0 aromatic heterocycles. The monoisotopic (exact) mass is 259 g/mol. The quantitative estimate of drug-likeness (QED) is 0.808. The molecule has 1 aliphatic heterocycles. The Morgan fingerprint density at radius 2 is 2.05 bits per heavy atom. The van der Waals surface area contributed by atoms with Crippen molar-refractivity contribution in [3.63, 3.8) is 0 Å². The first-order valence-electron chi connectivity index (χ1n) is 6.69. The summed E-state index contributed by atoms with van der Waals surface area (Å²) >= 11 is 0. The number of para-hydroxylation sites is 1. The number of benzene rings is 1. The van der Waals surface area contributed by atoms with Crippen LogP contribution in [0, 0.1) is 11.8 Å². The van der Waals surface area contributed by atoms with Crippen molar-refractivity contribution in [1.82, 2.24) is 0 Å². The van der Waals surface area contributed by atoms with E-state index in [9.17, 15) is 14.7 Å². The van der Waals surface area contributed by atoms with Crippen LogP contribution in [-0.2, 0) is 15.2 Å². The molecule has 1 saturated carbocycles. The van der Waals surface area contributed by atoms with Gasteiger partial charge in [-0.25, -0.2) is 0 Å². The fourth-order valence-corrected chi connectivity index (χ4v) is 3.23. The van der Waals surface area contributed by atoms with E-state index in [0.29, 0.717) is 30.0 Å². The van der Waals surface area contributed by atoms with Gasteiger partial charge in [0.2, 0.25) is 0 Å². The van der Waals surface area contributed by atoms with Crippen molar-refractivity contribution < 1.29 is 14.7 Å². The molecule has 3 rings (SSSR count). The number of hydrogen-bond acceptors (Lipinski definition) is 3. The first-order valence-corrected chi connectivity index (χ1v) is 6.69. The number of aliphatic hydroxyl groups is 1. The van der Waals surface area contributed by atoms with Gasteiger partial charge in [0.25, 0.3) is 5.91 Å². The molecule has 0 radical (unpaired) electrons. The second-order valence-electron chi connectivity index (χ2n) is 5.66. The summed E-state index contributed by atoms with van der Waals surface area (Å²) in [5, 5.41) is 13.6. The molecular weight excluding hydrogens is 242 g/mol. The molecule has 1 heterocycles. The number of anilines is 1. The summed E-state index contributed by atoms with van der Waals surface area (Å²) in [7, 11) is 0. The second-order valence-corrected chi connectivity index (χ2v) is 5.66. The van der Waals surface area contributed by atoms with Gasteiger partial charge < -0.3 is 10.4 Å². The van der Waals surface area contributed by atoms with E-state index in [-0.39, 0.29) is 5.78 Å². The average molecular weight is 259 g/mol. The number of nitrogens with one attached hydrogen (secondary N) is 1. The SMILES string of the molecule is C[C@@H]1CCC(=O)[C@H]([C@@]2(O)C(=O)Nc3ccccc32)C1. The van der Waals surface area contributed by atoms with Crippen LogP contribution in [0.15, 0.2) is 24.3 Å². The minimum Gasteiger partial charge on any atom is -0.375 e. The van der Waals surface area contributed by atoms with Crippen LogP contribution in [-0.4, -0.2) is 16.8 Å². The molecule has 100 valence electrons. The number of hydrogen-bond donors (Lipinski definition) is 2. The Labute approximate surface area is 111 Å². The lowest BCUT2D eigenvalue weighted by atomic mass is 9.70. The van der Waals surface area contributed by atoms with Gasteiger partial charge in [0, 0.05) is 17.7 Å². The summed E-state index contributed by atoms with van der Waals surface area (Å²) < 4.78 is 0. The van der Waals surface area contributed by atoms with Crippen LogP contribution >= 0.6 is 0 Å². The van der Waals surface area contributed by atoms with Gasteiger partial charge in [-0.3, -0.25) is 9.59 Å². The maximum Gasteiger partial charge on any atom is 0.261 e. The highest BCUT2D eigenvalue weighted by molar-refractivity contribution is 6.08. The minimum atomic E-state index is -1.69. The van der Waals surface area contributed by atoms with E-state index < -0.39 is 17.4 Å². The number of carbonyl (C=O) groups is 2. The Morgan fingerprint density at radius 3 is 2.84 bits per heavy atom. The zero-order valence-corrected chi connectivity index (χ0v) is 10.8. The Hall–Kier alpha value is -1.68. The van der Waals surface area contributed by atoms with Crippen LogP contribution in [0.2, 0.25) is 0 Å². The highest BCUT2D eigenvalue weighted by atomic mass is 16.3. The van der Waals surface area contributed by atoms with Crippen LogP contribution in [0.4, 0.5) is 5.69 Å². The van der Waals surface area contributed by atoms with Crippen molar-refractivity contribution in [2.75, 3.05) is 5.32 Å². The smallest absolute Gasteiger partial charge is 0.261 e. The third-order valence-corrected chi connectivity index (χ3v) is 4.35. The predicted molar refractivity (Wildman–Crippen MR) is 70.5 cm³/mol. The summed E-state index contributed by atoms with van der Waals surface area (Å²) in [6.45, 7) is 2.06. The number of Topliss-reactive ketones (excluding diaryl/α,β-unsaturated/α-hetero) is 1.